The number of hydrogen-bond acceptors (Lipinski definition) is 5. The van der Waals surface area contributed by atoms with Crippen molar-refractivity contribution in [2.45, 2.75) is 85.2 Å². The van der Waals surface area contributed by atoms with Gasteiger partial charge in [0.05, 0.1) is 10.6 Å². The van der Waals surface area contributed by atoms with Gasteiger partial charge >= 0.3 is 0 Å². The van der Waals surface area contributed by atoms with Crippen molar-refractivity contribution in [2.75, 3.05) is 4.72 Å². The number of allylic oxidation sites excluding steroid dienone is 8. The van der Waals surface area contributed by atoms with E-state index < -0.39 is 10.0 Å². The van der Waals surface area contributed by atoms with Gasteiger partial charge in [-0.25, -0.2) is 18.1 Å². The van der Waals surface area contributed by atoms with Crippen molar-refractivity contribution < 1.29 is 13.2 Å². The molecule has 2 atom stereocenters. The van der Waals surface area contributed by atoms with Gasteiger partial charge in [0.25, 0.3) is 10.0 Å². The van der Waals surface area contributed by atoms with Gasteiger partial charge in [-0.05, 0) is 106 Å². The number of aromatic nitrogens is 2. The fraction of sp³-hybridized carbons (Fsp3) is 0.548. The van der Waals surface area contributed by atoms with E-state index in [0.717, 1.165) is 36.8 Å². The summed E-state index contributed by atoms with van der Waals surface area (Å²) in [6, 6.07) is 1.88. The second-order valence-electron chi connectivity index (χ2n) is 12.1. The van der Waals surface area contributed by atoms with Crippen LogP contribution in [0.2, 0.25) is 0 Å². The fourth-order valence-corrected chi connectivity index (χ4v) is 7.30. The first-order valence-corrected chi connectivity index (χ1v) is 15.5. The quantitative estimate of drug-likeness (QED) is 0.436. The summed E-state index contributed by atoms with van der Waals surface area (Å²) in [5, 5.41) is 0. The lowest BCUT2D eigenvalue weighted by Gasteiger charge is -2.42. The molecule has 5 rings (SSSR count). The molecular formula is C31H41N3O3S. The number of nitrogens with one attached hydrogen (secondary N) is 1. The van der Waals surface area contributed by atoms with Crippen LogP contribution >= 0.6 is 0 Å². The molecule has 2 saturated carbocycles. The van der Waals surface area contributed by atoms with Gasteiger partial charge in [0, 0.05) is 11.6 Å². The van der Waals surface area contributed by atoms with E-state index in [1.807, 2.05) is 12.1 Å². The van der Waals surface area contributed by atoms with E-state index in [0.29, 0.717) is 28.8 Å². The van der Waals surface area contributed by atoms with Crippen LogP contribution in [0.1, 0.15) is 84.8 Å². The van der Waals surface area contributed by atoms with Crippen molar-refractivity contribution in [3.63, 3.8) is 0 Å². The highest BCUT2D eigenvalue weighted by Gasteiger charge is 2.54. The summed E-state index contributed by atoms with van der Waals surface area (Å²) in [6.07, 6.45) is 18.3. The van der Waals surface area contributed by atoms with Gasteiger partial charge in [-0.15, -0.1) is 0 Å². The Morgan fingerprint density at radius 3 is 2.61 bits per heavy atom. The summed E-state index contributed by atoms with van der Waals surface area (Å²) >= 11 is 0. The molecule has 6 nitrogen and oxygen atoms in total. The predicted molar refractivity (Wildman–Crippen MR) is 154 cm³/mol. The topological polar surface area (TPSA) is 81.2 Å². The van der Waals surface area contributed by atoms with Gasteiger partial charge in [-0.2, -0.15) is 4.98 Å². The Kier molecular flexibility index (Phi) is 7.42. The number of hydrogen-bond donors (Lipinski definition) is 1. The molecule has 2 fully saturated rings. The smallest absolute Gasteiger partial charge is 0.264 e. The van der Waals surface area contributed by atoms with Crippen molar-refractivity contribution in [2.24, 2.45) is 23.2 Å². The zero-order valence-electron chi connectivity index (χ0n) is 23.2. The summed E-state index contributed by atoms with van der Waals surface area (Å²) in [7, 11) is -3.92. The van der Waals surface area contributed by atoms with Gasteiger partial charge in [0.1, 0.15) is 6.10 Å². The third-order valence-electron chi connectivity index (χ3n) is 8.89. The lowest BCUT2D eigenvalue weighted by atomic mass is 9.64. The van der Waals surface area contributed by atoms with Crippen LogP contribution in [-0.4, -0.2) is 24.5 Å². The van der Waals surface area contributed by atoms with Crippen LogP contribution in [0.15, 0.2) is 59.1 Å². The summed E-state index contributed by atoms with van der Waals surface area (Å²) in [4.78, 5) is 9.30. The molecule has 7 heteroatoms. The highest BCUT2D eigenvalue weighted by atomic mass is 32.2. The van der Waals surface area contributed by atoms with Crippen molar-refractivity contribution in [3.05, 3.63) is 64.8 Å². The van der Waals surface area contributed by atoms with Gasteiger partial charge < -0.3 is 4.74 Å². The first kappa shape index (κ1) is 26.9. The molecule has 1 aliphatic heterocycles. The summed E-state index contributed by atoms with van der Waals surface area (Å²) in [5.41, 5.74) is 4.72. The predicted octanol–water partition coefficient (Wildman–Crippen LogP) is 7.36. The fourth-order valence-electron chi connectivity index (χ4n) is 6.37. The molecule has 1 spiro atoms. The second kappa shape index (κ2) is 10.5. The minimum atomic E-state index is -3.92. The van der Waals surface area contributed by atoms with E-state index in [1.54, 1.807) is 6.08 Å². The molecule has 1 aromatic heterocycles. The minimum absolute atomic E-state index is 0.0127. The number of nitrogens with zero attached hydrogens (tertiary/aromatic N) is 2. The van der Waals surface area contributed by atoms with Crippen LogP contribution in [0, 0.1) is 23.2 Å². The average molecular weight is 536 g/mol. The van der Waals surface area contributed by atoms with E-state index in [1.165, 1.54) is 37.3 Å². The Bertz CT molecular complexity index is 1320. The molecule has 1 aromatic rings. The third kappa shape index (κ3) is 5.68. The summed E-state index contributed by atoms with van der Waals surface area (Å²) < 4.78 is 35.7. The molecule has 38 heavy (non-hydrogen) atoms. The summed E-state index contributed by atoms with van der Waals surface area (Å²) in [6.45, 7) is 12.3. The maximum Gasteiger partial charge on any atom is 0.264 e. The molecule has 0 amide bonds. The Labute approximate surface area is 228 Å². The van der Waals surface area contributed by atoms with Gasteiger partial charge in [0.15, 0.2) is 0 Å². The van der Waals surface area contributed by atoms with Crippen molar-refractivity contribution in [3.8, 4) is 5.88 Å². The molecule has 3 aliphatic carbocycles. The van der Waals surface area contributed by atoms with Crippen molar-refractivity contribution >= 4 is 21.5 Å². The van der Waals surface area contributed by atoms with Crippen LogP contribution in [-0.2, 0) is 10.0 Å². The molecule has 0 radical (unpaired) electrons. The Morgan fingerprint density at radius 2 is 1.95 bits per heavy atom. The van der Waals surface area contributed by atoms with E-state index in [-0.39, 0.29) is 22.9 Å². The largest absolute Gasteiger partial charge is 0.474 e. The van der Waals surface area contributed by atoms with E-state index in [9.17, 15) is 8.42 Å². The number of anilines is 1. The van der Waals surface area contributed by atoms with E-state index in [4.69, 9.17) is 4.74 Å². The molecule has 0 saturated heterocycles. The highest BCUT2D eigenvalue weighted by molar-refractivity contribution is 7.96. The van der Waals surface area contributed by atoms with Gasteiger partial charge in [-0.1, -0.05) is 44.2 Å². The standard InChI is InChI=1S/C31H41N3O3S/c1-6-25-13-8-7-12-23(24-18-31(19-24)14-15-31)16-27(20(2)3)37-28-17-26(29-21(4)10-9-11-22(29)5)32-30(33-28)34-38(25,35)36/h6-8,10,13,17,20,23-24,27H,1,9,11-12,14-16,18-19H2,2-5H3,(H,32,33,34)/b8-7-,25-13+. The maximum absolute atomic E-state index is 13.3. The maximum atomic E-state index is 13.3. The monoisotopic (exact) mass is 535 g/mol. The van der Waals surface area contributed by atoms with Gasteiger partial charge in [0.2, 0.25) is 11.8 Å². The average Bonchev–Trinajstić information content (AvgIpc) is 3.62. The van der Waals surface area contributed by atoms with E-state index >= 15 is 0 Å². The van der Waals surface area contributed by atoms with Gasteiger partial charge in [-0.3, -0.25) is 0 Å². The molecule has 2 bridgehead atoms. The van der Waals surface area contributed by atoms with Crippen molar-refractivity contribution in [1.82, 2.24) is 9.97 Å². The number of sulfonamides is 1. The summed E-state index contributed by atoms with van der Waals surface area (Å²) in [5.74, 6) is 1.88. The Morgan fingerprint density at radius 1 is 1.18 bits per heavy atom. The zero-order chi connectivity index (χ0) is 27.1. The molecule has 0 aromatic carbocycles. The first-order chi connectivity index (χ1) is 18.1. The highest BCUT2D eigenvalue weighted by Crippen LogP contribution is 2.65. The number of fused-ring (bicyclic) bond motifs is 2. The Hall–Kier alpha value is -2.67. The molecule has 2 heterocycles. The zero-order valence-corrected chi connectivity index (χ0v) is 24.0. The van der Waals surface area contributed by atoms with Crippen LogP contribution in [0.5, 0.6) is 5.88 Å². The lowest BCUT2D eigenvalue weighted by molar-refractivity contribution is 0.0511. The molecule has 2 unspecified atom stereocenters. The first-order valence-electron chi connectivity index (χ1n) is 14.0. The minimum Gasteiger partial charge on any atom is -0.474 e. The molecule has 204 valence electrons. The molecule has 1 N–H and O–H groups in total. The van der Waals surface area contributed by atoms with Crippen LogP contribution in [0.25, 0.3) is 5.57 Å². The molecular weight excluding hydrogens is 494 g/mol. The second-order valence-corrected chi connectivity index (χ2v) is 13.8. The lowest BCUT2D eigenvalue weighted by Crippen LogP contribution is -2.36. The van der Waals surface area contributed by atoms with Crippen LogP contribution in [0.3, 0.4) is 0 Å². The Balaban J connectivity index is 1.57. The number of ether oxygens (including phenoxy) is 1. The number of rotatable bonds is 4. The van der Waals surface area contributed by atoms with Crippen LogP contribution in [0.4, 0.5) is 5.95 Å². The molecule has 4 aliphatic rings. The third-order valence-corrected chi connectivity index (χ3v) is 10.3. The van der Waals surface area contributed by atoms with Crippen LogP contribution < -0.4 is 9.46 Å². The van der Waals surface area contributed by atoms with Crippen molar-refractivity contribution in [1.29, 1.82) is 0 Å². The van der Waals surface area contributed by atoms with E-state index in [2.05, 4.69) is 61.1 Å². The SMILES string of the molecule is C=C/C1=C\C=C/CC(C2CC3(CC3)C2)CC(C(C)C)Oc2cc(C3=C(C)CCC=C3C)nc(n2)NS1(=O)=O. The normalized spacial score (nSPS) is 29.2.